The van der Waals surface area contributed by atoms with Crippen LogP contribution < -0.4 is 9.64 Å². The molecule has 0 amide bonds. The van der Waals surface area contributed by atoms with Crippen molar-refractivity contribution in [3.05, 3.63) is 89.0 Å². The molecule has 31 heavy (non-hydrogen) atoms. The van der Waals surface area contributed by atoms with Crippen molar-refractivity contribution < 1.29 is 14.3 Å². The van der Waals surface area contributed by atoms with E-state index in [2.05, 4.69) is 18.7 Å². The molecular weight excluding hydrogens is 386 g/mol. The first-order valence-electron chi connectivity index (χ1n) is 11.2. The molecule has 3 aromatic carbocycles. The third-order valence-corrected chi connectivity index (χ3v) is 6.38. The number of carbonyl (C=O) groups is 1. The minimum Gasteiger partial charge on any atom is -0.456 e. The highest BCUT2D eigenvalue weighted by atomic mass is 16.6. The van der Waals surface area contributed by atoms with Crippen LogP contribution in [0, 0.1) is 0 Å². The van der Waals surface area contributed by atoms with Gasteiger partial charge in [-0.25, -0.2) is 4.79 Å². The smallest absolute Gasteiger partial charge is 0.342 e. The number of esters is 1. The zero-order chi connectivity index (χ0) is 21.4. The highest BCUT2D eigenvalue weighted by molar-refractivity contribution is 6.02. The quantitative estimate of drug-likeness (QED) is 0.353. The molecule has 0 atom stereocenters. The zero-order valence-corrected chi connectivity index (χ0v) is 18.1. The van der Waals surface area contributed by atoms with Gasteiger partial charge in [0.25, 0.3) is 0 Å². The van der Waals surface area contributed by atoms with Crippen LogP contribution >= 0.6 is 0 Å². The monoisotopic (exact) mass is 413 g/mol. The van der Waals surface area contributed by atoms with Crippen molar-refractivity contribution in [2.45, 2.75) is 38.7 Å². The maximum Gasteiger partial charge on any atom is 0.342 e. The average molecular weight is 414 g/mol. The Balaban J connectivity index is 1.72. The van der Waals surface area contributed by atoms with Crippen molar-refractivity contribution in [3.8, 4) is 11.5 Å². The van der Waals surface area contributed by atoms with E-state index in [0.29, 0.717) is 5.56 Å². The van der Waals surface area contributed by atoms with E-state index < -0.39 is 5.60 Å². The maximum absolute atomic E-state index is 13.4. The summed E-state index contributed by atoms with van der Waals surface area (Å²) in [5.41, 5.74) is 3.27. The van der Waals surface area contributed by atoms with E-state index in [0.717, 1.165) is 53.4 Å². The predicted octanol–water partition coefficient (Wildman–Crippen LogP) is 6.27. The third kappa shape index (κ3) is 2.93. The van der Waals surface area contributed by atoms with Crippen molar-refractivity contribution in [1.82, 2.24) is 0 Å². The Bertz CT molecular complexity index is 1090. The first kappa shape index (κ1) is 19.7. The Labute approximate surface area is 183 Å². The second kappa shape index (κ2) is 7.77. The lowest BCUT2D eigenvalue weighted by atomic mass is 9.77. The fraction of sp³-hybridized carbons (Fsp3) is 0.296. The molecule has 1 spiro atoms. The van der Waals surface area contributed by atoms with Gasteiger partial charge in [-0.2, -0.15) is 0 Å². The molecule has 0 bridgehead atoms. The molecule has 0 unspecified atom stereocenters. The molecule has 0 N–H and O–H groups in total. The number of hydrogen-bond donors (Lipinski definition) is 0. The molecule has 158 valence electrons. The Morgan fingerprint density at radius 2 is 1.45 bits per heavy atom. The largest absolute Gasteiger partial charge is 0.456 e. The lowest BCUT2D eigenvalue weighted by Gasteiger charge is -2.36. The molecule has 4 nitrogen and oxygen atoms in total. The molecule has 0 aliphatic carbocycles. The first-order valence-corrected chi connectivity index (χ1v) is 11.2. The number of carbonyl (C=O) groups excluding carboxylic acids is 1. The Morgan fingerprint density at radius 1 is 0.806 bits per heavy atom. The van der Waals surface area contributed by atoms with Crippen LogP contribution in [0.4, 0.5) is 5.69 Å². The molecule has 0 saturated carbocycles. The molecule has 0 fully saturated rings. The SMILES string of the molecule is CCCCCN(CC)c1cccc2c1C(=O)OC21c2ccccc2Oc2ccccc21. The molecule has 4 heteroatoms. The molecule has 5 rings (SSSR count). The Hall–Kier alpha value is -3.27. The van der Waals surface area contributed by atoms with Gasteiger partial charge in [-0.3, -0.25) is 0 Å². The number of ether oxygens (including phenoxy) is 2. The zero-order valence-electron chi connectivity index (χ0n) is 18.1. The minimum absolute atomic E-state index is 0.272. The number of unbranched alkanes of at least 4 members (excludes halogenated alkanes) is 2. The Morgan fingerprint density at radius 3 is 2.10 bits per heavy atom. The van der Waals surface area contributed by atoms with Crippen LogP contribution in [-0.2, 0) is 10.3 Å². The summed E-state index contributed by atoms with van der Waals surface area (Å²) >= 11 is 0. The van der Waals surface area contributed by atoms with Gasteiger partial charge in [-0.05, 0) is 31.5 Å². The molecule has 3 aromatic rings. The van der Waals surface area contributed by atoms with Crippen LogP contribution in [0.15, 0.2) is 66.7 Å². The molecule has 0 aromatic heterocycles. The highest BCUT2D eigenvalue weighted by Crippen LogP contribution is 2.56. The summed E-state index contributed by atoms with van der Waals surface area (Å²) in [5, 5.41) is 0. The van der Waals surface area contributed by atoms with Crippen LogP contribution in [0.25, 0.3) is 0 Å². The lowest BCUT2D eigenvalue weighted by Crippen LogP contribution is -2.32. The first-order chi connectivity index (χ1) is 15.2. The lowest BCUT2D eigenvalue weighted by molar-refractivity contribution is 0.0224. The van der Waals surface area contributed by atoms with Gasteiger partial charge in [0.15, 0.2) is 5.60 Å². The van der Waals surface area contributed by atoms with Crippen LogP contribution in [0.1, 0.15) is 60.2 Å². The molecular formula is C27H27NO3. The number of para-hydroxylation sites is 2. The van der Waals surface area contributed by atoms with Crippen LogP contribution in [0.2, 0.25) is 0 Å². The van der Waals surface area contributed by atoms with Gasteiger partial charge in [-0.1, -0.05) is 68.3 Å². The predicted molar refractivity (Wildman–Crippen MR) is 122 cm³/mol. The van der Waals surface area contributed by atoms with Crippen molar-refractivity contribution in [2.75, 3.05) is 18.0 Å². The topological polar surface area (TPSA) is 38.8 Å². The number of benzene rings is 3. The average Bonchev–Trinajstić information content (AvgIpc) is 3.10. The number of nitrogens with zero attached hydrogens (tertiary/aromatic N) is 1. The van der Waals surface area contributed by atoms with Gasteiger partial charge in [0.1, 0.15) is 11.5 Å². The fourth-order valence-electron chi connectivity index (χ4n) is 4.91. The normalized spacial score (nSPS) is 15.0. The van der Waals surface area contributed by atoms with Crippen LogP contribution in [-0.4, -0.2) is 19.1 Å². The summed E-state index contributed by atoms with van der Waals surface area (Å²) in [6, 6.07) is 21.8. The van der Waals surface area contributed by atoms with E-state index in [1.807, 2.05) is 66.7 Å². The molecule has 2 heterocycles. The summed E-state index contributed by atoms with van der Waals surface area (Å²) in [5.74, 6) is 1.18. The maximum atomic E-state index is 13.4. The van der Waals surface area contributed by atoms with E-state index in [4.69, 9.17) is 9.47 Å². The van der Waals surface area contributed by atoms with Gasteiger partial charge in [-0.15, -0.1) is 0 Å². The number of fused-ring (bicyclic) bond motifs is 6. The minimum atomic E-state index is -0.989. The van der Waals surface area contributed by atoms with Crippen molar-refractivity contribution in [2.24, 2.45) is 0 Å². The number of hydrogen-bond acceptors (Lipinski definition) is 4. The molecule has 0 radical (unpaired) electrons. The molecule has 2 aliphatic heterocycles. The summed E-state index contributed by atoms with van der Waals surface area (Å²) < 4.78 is 12.5. The highest BCUT2D eigenvalue weighted by Gasteiger charge is 2.54. The van der Waals surface area contributed by atoms with Gasteiger partial charge in [0.2, 0.25) is 0 Å². The summed E-state index contributed by atoms with van der Waals surface area (Å²) in [7, 11) is 0. The van der Waals surface area contributed by atoms with E-state index in [9.17, 15) is 4.79 Å². The molecule has 2 aliphatic rings. The number of rotatable bonds is 6. The van der Waals surface area contributed by atoms with Crippen molar-refractivity contribution >= 4 is 11.7 Å². The third-order valence-electron chi connectivity index (χ3n) is 6.38. The van der Waals surface area contributed by atoms with Crippen LogP contribution in [0.5, 0.6) is 11.5 Å². The van der Waals surface area contributed by atoms with Gasteiger partial charge < -0.3 is 14.4 Å². The second-order valence-corrected chi connectivity index (χ2v) is 8.15. The standard InChI is InChI=1S/C27H27NO3/c1-3-5-10-18-28(4-2)22-15-11-14-21-25(22)26(29)31-27(21)19-12-6-8-16-23(19)30-24-17-9-7-13-20(24)27/h6-9,11-17H,3-5,10,18H2,1-2H3. The number of anilines is 1. The summed E-state index contributed by atoms with van der Waals surface area (Å²) in [4.78, 5) is 15.7. The van der Waals surface area contributed by atoms with Crippen molar-refractivity contribution in [1.29, 1.82) is 0 Å². The van der Waals surface area contributed by atoms with E-state index in [-0.39, 0.29) is 5.97 Å². The van der Waals surface area contributed by atoms with Crippen molar-refractivity contribution in [3.63, 3.8) is 0 Å². The van der Waals surface area contributed by atoms with Gasteiger partial charge in [0.05, 0.1) is 11.3 Å². The molecule has 0 saturated heterocycles. The van der Waals surface area contributed by atoms with Gasteiger partial charge >= 0.3 is 5.97 Å². The van der Waals surface area contributed by atoms with E-state index in [1.54, 1.807) is 0 Å². The van der Waals surface area contributed by atoms with E-state index >= 15 is 0 Å². The Kier molecular flexibility index (Phi) is 4.93. The van der Waals surface area contributed by atoms with Gasteiger partial charge in [0, 0.05) is 29.8 Å². The fourth-order valence-corrected chi connectivity index (χ4v) is 4.91. The van der Waals surface area contributed by atoms with Crippen LogP contribution in [0.3, 0.4) is 0 Å². The second-order valence-electron chi connectivity index (χ2n) is 8.15. The van der Waals surface area contributed by atoms with E-state index in [1.165, 1.54) is 12.8 Å². The summed E-state index contributed by atoms with van der Waals surface area (Å²) in [6.07, 6.45) is 3.45. The summed E-state index contributed by atoms with van der Waals surface area (Å²) in [6.45, 7) is 6.12.